The first-order chi connectivity index (χ1) is 12.4. The summed E-state index contributed by atoms with van der Waals surface area (Å²) in [5, 5.41) is 6.23. The Balaban J connectivity index is 1.85. The zero-order valence-corrected chi connectivity index (χ0v) is 15.9. The van der Waals surface area contributed by atoms with E-state index in [1.807, 2.05) is 6.07 Å². The predicted molar refractivity (Wildman–Crippen MR) is 104 cm³/mol. The van der Waals surface area contributed by atoms with Crippen molar-refractivity contribution < 1.29 is 14.3 Å². The zero-order valence-electron chi connectivity index (χ0n) is 14.4. The molecule has 0 bridgehead atoms. The Morgan fingerprint density at radius 1 is 1.00 bits per heavy atom. The number of nitrogens with zero attached hydrogens (tertiary/aromatic N) is 1. The van der Waals surface area contributed by atoms with Gasteiger partial charge in [0.15, 0.2) is 0 Å². The summed E-state index contributed by atoms with van der Waals surface area (Å²) in [7, 11) is 3.21. The molecule has 6 nitrogen and oxygen atoms in total. The fourth-order valence-electron chi connectivity index (χ4n) is 2.26. The highest BCUT2D eigenvalue weighted by Crippen LogP contribution is 2.25. The van der Waals surface area contributed by atoms with E-state index < -0.39 is 0 Å². The first kappa shape index (κ1) is 20.0. The van der Waals surface area contributed by atoms with Gasteiger partial charge in [-0.15, -0.1) is 0 Å². The summed E-state index contributed by atoms with van der Waals surface area (Å²) >= 11 is 11.8. The Bertz CT molecular complexity index is 799. The van der Waals surface area contributed by atoms with Crippen LogP contribution in [0.5, 0.6) is 5.75 Å². The summed E-state index contributed by atoms with van der Waals surface area (Å²) in [6, 6.07) is 11.9. The number of carbonyl (C=O) groups excluding carboxylic acids is 2. The topological polar surface area (TPSA) is 70.7 Å². The van der Waals surface area contributed by atoms with Crippen molar-refractivity contribution >= 4 is 46.4 Å². The van der Waals surface area contributed by atoms with Gasteiger partial charge in [-0.2, -0.15) is 0 Å². The van der Waals surface area contributed by atoms with Gasteiger partial charge in [-0.1, -0.05) is 35.3 Å². The average molecular weight is 396 g/mol. The number of methoxy groups -OCH3 is 1. The van der Waals surface area contributed by atoms with Gasteiger partial charge in [0.2, 0.25) is 11.8 Å². The first-order valence-corrected chi connectivity index (χ1v) is 8.51. The fourth-order valence-corrected chi connectivity index (χ4v) is 2.56. The number of para-hydroxylation sites is 2. The van der Waals surface area contributed by atoms with Gasteiger partial charge in [0.25, 0.3) is 0 Å². The number of likely N-dealkylation sites (N-methyl/N-ethyl adjacent to an activating group) is 1. The van der Waals surface area contributed by atoms with Crippen molar-refractivity contribution in [2.45, 2.75) is 0 Å². The number of hydrogen-bond acceptors (Lipinski definition) is 4. The van der Waals surface area contributed by atoms with Gasteiger partial charge in [-0.05, 0) is 37.4 Å². The molecule has 0 unspecified atom stereocenters. The second kappa shape index (κ2) is 9.43. The quantitative estimate of drug-likeness (QED) is 0.752. The molecule has 8 heteroatoms. The minimum Gasteiger partial charge on any atom is -0.495 e. The van der Waals surface area contributed by atoms with Crippen molar-refractivity contribution in [3.8, 4) is 5.75 Å². The van der Waals surface area contributed by atoms with Crippen molar-refractivity contribution in [3.63, 3.8) is 0 Å². The Kier molecular flexibility index (Phi) is 7.26. The molecule has 0 radical (unpaired) electrons. The highest BCUT2D eigenvalue weighted by molar-refractivity contribution is 6.42. The molecule has 0 aliphatic heterocycles. The molecule has 0 spiro atoms. The van der Waals surface area contributed by atoms with E-state index in [0.29, 0.717) is 27.2 Å². The lowest BCUT2D eigenvalue weighted by Crippen LogP contribution is -2.36. The van der Waals surface area contributed by atoms with Crippen LogP contribution in [0, 0.1) is 0 Å². The molecule has 0 saturated heterocycles. The van der Waals surface area contributed by atoms with Crippen LogP contribution < -0.4 is 15.4 Å². The van der Waals surface area contributed by atoms with Crippen LogP contribution in [0.4, 0.5) is 11.4 Å². The van der Waals surface area contributed by atoms with Crippen LogP contribution in [0.1, 0.15) is 0 Å². The summed E-state index contributed by atoms with van der Waals surface area (Å²) in [5.41, 5.74) is 1.12. The molecular formula is C18H19Cl2N3O3. The summed E-state index contributed by atoms with van der Waals surface area (Å²) in [5.74, 6) is 0.0520. The minimum atomic E-state index is -0.268. The van der Waals surface area contributed by atoms with E-state index in [0.717, 1.165) is 0 Å². The maximum absolute atomic E-state index is 12.1. The third kappa shape index (κ3) is 5.91. The Hall–Kier alpha value is -2.28. The molecule has 2 amide bonds. The van der Waals surface area contributed by atoms with Crippen LogP contribution in [0.25, 0.3) is 0 Å². The summed E-state index contributed by atoms with van der Waals surface area (Å²) < 4.78 is 5.19. The van der Waals surface area contributed by atoms with Gasteiger partial charge in [0.1, 0.15) is 5.75 Å². The number of carbonyl (C=O) groups is 2. The third-order valence-corrected chi connectivity index (χ3v) is 4.15. The number of benzene rings is 2. The number of halogens is 2. The van der Waals surface area contributed by atoms with Crippen LogP contribution in [0.15, 0.2) is 42.5 Å². The molecule has 26 heavy (non-hydrogen) atoms. The summed E-state index contributed by atoms with van der Waals surface area (Å²) in [6.45, 7) is 0.0897. The number of amides is 2. The van der Waals surface area contributed by atoms with Crippen LogP contribution >= 0.6 is 23.2 Å². The Labute approximate surface area is 162 Å². The molecule has 138 valence electrons. The number of ether oxygens (including phenoxy) is 1. The zero-order chi connectivity index (χ0) is 19.1. The monoisotopic (exact) mass is 395 g/mol. The third-order valence-electron chi connectivity index (χ3n) is 3.41. The maximum Gasteiger partial charge on any atom is 0.238 e. The van der Waals surface area contributed by atoms with Gasteiger partial charge < -0.3 is 15.4 Å². The standard InChI is InChI=1S/C18H19Cl2N3O3/c1-23(10-17(24)21-12-7-8-13(19)14(20)9-12)11-18(25)22-15-5-3-4-6-16(15)26-2/h3-9H,10-11H2,1-2H3,(H,21,24)(H,22,25). The van der Waals surface area contributed by atoms with E-state index in [2.05, 4.69) is 10.6 Å². The second-order valence-corrected chi connectivity index (χ2v) is 6.41. The molecule has 0 heterocycles. The lowest BCUT2D eigenvalue weighted by atomic mass is 10.3. The SMILES string of the molecule is COc1ccccc1NC(=O)CN(C)CC(=O)Nc1ccc(Cl)c(Cl)c1. The van der Waals surface area contributed by atoms with E-state index in [9.17, 15) is 9.59 Å². The molecule has 0 aromatic heterocycles. The lowest BCUT2D eigenvalue weighted by molar-refractivity contribution is -0.119. The minimum absolute atomic E-state index is 0.0413. The largest absolute Gasteiger partial charge is 0.495 e. The number of hydrogen-bond donors (Lipinski definition) is 2. The van der Waals surface area contributed by atoms with Crippen molar-refractivity contribution in [3.05, 3.63) is 52.5 Å². The van der Waals surface area contributed by atoms with Gasteiger partial charge in [-0.25, -0.2) is 0 Å². The first-order valence-electron chi connectivity index (χ1n) is 7.75. The van der Waals surface area contributed by atoms with Crippen molar-refractivity contribution in [2.75, 3.05) is 37.9 Å². The van der Waals surface area contributed by atoms with E-state index in [-0.39, 0.29) is 24.9 Å². The van der Waals surface area contributed by atoms with Crippen molar-refractivity contribution in [2.24, 2.45) is 0 Å². The lowest BCUT2D eigenvalue weighted by Gasteiger charge is -2.17. The van der Waals surface area contributed by atoms with Gasteiger partial charge in [-0.3, -0.25) is 14.5 Å². The molecule has 0 aliphatic carbocycles. The molecule has 2 rings (SSSR count). The van der Waals surface area contributed by atoms with Crippen LogP contribution in [-0.2, 0) is 9.59 Å². The fraction of sp³-hybridized carbons (Fsp3) is 0.222. The van der Waals surface area contributed by atoms with Gasteiger partial charge in [0.05, 0.1) is 35.9 Å². The highest BCUT2D eigenvalue weighted by Gasteiger charge is 2.13. The average Bonchev–Trinajstić information content (AvgIpc) is 2.58. The molecule has 2 aromatic carbocycles. The second-order valence-electron chi connectivity index (χ2n) is 5.60. The molecular weight excluding hydrogens is 377 g/mol. The van der Waals surface area contributed by atoms with E-state index >= 15 is 0 Å². The summed E-state index contributed by atoms with van der Waals surface area (Å²) in [4.78, 5) is 25.8. The van der Waals surface area contributed by atoms with Crippen LogP contribution in [0.2, 0.25) is 10.0 Å². The Morgan fingerprint density at radius 2 is 1.65 bits per heavy atom. The molecule has 0 saturated carbocycles. The molecule has 2 aromatic rings. The summed E-state index contributed by atoms with van der Waals surface area (Å²) in [6.07, 6.45) is 0. The van der Waals surface area contributed by atoms with E-state index in [1.54, 1.807) is 48.3 Å². The van der Waals surface area contributed by atoms with Crippen LogP contribution in [-0.4, -0.2) is 44.0 Å². The number of nitrogens with one attached hydrogen (secondary N) is 2. The number of rotatable bonds is 7. The van der Waals surface area contributed by atoms with E-state index in [1.165, 1.54) is 7.11 Å². The Morgan fingerprint density at radius 3 is 2.31 bits per heavy atom. The molecule has 0 fully saturated rings. The smallest absolute Gasteiger partial charge is 0.238 e. The van der Waals surface area contributed by atoms with Crippen molar-refractivity contribution in [1.82, 2.24) is 4.90 Å². The van der Waals surface area contributed by atoms with Gasteiger partial charge in [0, 0.05) is 5.69 Å². The molecule has 2 N–H and O–H groups in total. The van der Waals surface area contributed by atoms with Crippen molar-refractivity contribution in [1.29, 1.82) is 0 Å². The predicted octanol–water partition coefficient (Wildman–Crippen LogP) is 3.51. The molecule has 0 atom stereocenters. The highest BCUT2D eigenvalue weighted by atomic mass is 35.5. The maximum atomic E-state index is 12.1. The molecule has 0 aliphatic rings. The van der Waals surface area contributed by atoms with Crippen LogP contribution in [0.3, 0.4) is 0 Å². The van der Waals surface area contributed by atoms with E-state index in [4.69, 9.17) is 27.9 Å². The van der Waals surface area contributed by atoms with Gasteiger partial charge >= 0.3 is 0 Å². The number of anilines is 2. The normalized spacial score (nSPS) is 10.5.